The van der Waals surface area contributed by atoms with Crippen LogP contribution < -0.4 is 5.73 Å². The zero-order valence-electron chi connectivity index (χ0n) is 10.9. The minimum Gasteiger partial charge on any atom is -0.461 e. The molecule has 0 atom stereocenters. The lowest BCUT2D eigenvalue weighted by Crippen LogP contribution is -2.15. The molecule has 2 aromatic heterocycles. The van der Waals surface area contributed by atoms with E-state index in [1.54, 1.807) is 25.4 Å². The zero-order chi connectivity index (χ0) is 14.5. The number of aromatic nitrogens is 4. The lowest BCUT2D eigenvalue weighted by atomic mass is 10.2. The molecule has 2 heterocycles. The summed E-state index contributed by atoms with van der Waals surface area (Å²) in [5, 5.41) is 8.28. The SMILES string of the molecule is CCOC(=O)c1nnn(Cc2ccncc2Cl)c1CN. The van der Waals surface area contributed by atoms with Gasteiger partial charge in [0.25, 0.3) is 0 Å². The van der Waals surface area contributed by atoms with E-state index in [1.165, 1.54) is 4.68 Å². The second-order valence-corrected chi connectivity index (χ2v) is 4.34. The molecule has 20 heavy (non-hydrogen) atoms. The van der Waals surface area contributed by atoms with Crippen LogP contribution in [0.1, 0.15) is 28.7 Å². The maximum Gasteiger partial charge on any atom is 0.360 e. The van der Waals surface area contributed by atoms with Gasteiger partial charge in [0.05, 0.1) is 23.9 Å². The van der Waals surface area contributed by atoms with Crippen molar-refractivity contribution in [2.75, 3.05) is 6.61 Å². The summed E-state index contributed by atoms with van der Waals surface area (Å²) in [5.74, 6) is -0.528. The number of carbonyl (C=O) groups is 1. The molecule has 0 amide bonds. The van der Waals surface area contributed by atoms with Crippen molar-refractivity contribution in [1.29, 1.82) is 0 Å². The second-order valence-electron chi connectivity index (χ2n) is 3.93. The van der Waals surface area contributed by atoms with Crippen LogP contribution in [0, 0.1) is 0 Å². The van der Waals surface area contributed by atoms with Crippen molar-refractivity contribution in [2.24, 2.45) is 5.73 Å². The maximum absolute atomic E-state index is 11.7. The Morgan fingerprint density at radius 1 is 1.55 bits per heavy atom. The third-order valence-electron chi connectivity index (χ3n) is 2.68. The van der Waals surface area contributed by atoms with Crippen LogP contribution in [-0.4, -0.2) is 32.6 Å². The van der Waals surface area contributed by atoms with Crippen molar-refractivity contribution in [3.8, 4) is 0 Å². The standard InChI is InChI=1S/C12H14ClN5O2/c1-2-20-12(19)11-10(5-14)18(17-16-11)7-8-3-4-15-6-9(8)13/h3-4,6H,2,5,7,14H2,1H3. The van der Waals surface area contributed by atoms with E-state index in [1.807, 2.05) is 0 Å². The summed E-state index contributed by atoms with van der Waals surface area (Å²) < 4.78 is 6.45. The van der Waals surface area contributed by atoms with Crippen LogP contribution in [0.3, 0.4) is 0 Å². The van der Waals surface area contributed by atoms with Gasteiger partial charge >= 0.3 is 5.97 Å². The highest BCUT2D eigenvalue weighted by Gasteiger charge is 2.20. The van der Waals surface area contributed by atoms with Gasteiger partial charge in [-0.3, -0.25) is 4.98 Å². The molecule has 0 saturated carbocycles. The van der Waals surface area contributed by atoms with Crippen molar-refractivity contribution in [3.63, 3.8) is 0 Å². The van der Waals surface area contributed by atoms with Crippen LogP contribution in [0.2, 0.25) is 5.02 Å². The van der Waals surface area contributed by atoms with Crippen molar-refractivity contribution >= 4 is 17.6 Å². The summed E-state index contributed by atoms with van der Waals surface area (Å²) in [5.41, 5.74) is 7.13. The molecule has 0 spiro atoms. The molecular weight excluding hydrogens is 282 g/mol. The summed E-state index contributed by atoms with van der Waals surface area (Å²) in [6, 6.07) is 1.77. The number of ether oxygens (including phenoxy) is 1. The molecule has 0 saturated heterocycles. The Balaban J connectivity index is 2.29. The summed E-state index contributed by atoms with van der Waals surface area (Å²) in [6.07, 6.45) is 3.18. The lowest BCUT2D eigenvalue weighted by Gasteiger charge is -2.07. The number of halogens is 1. The summed E-state index contributed by atoms with van der Waals surface area (Å²) in [6.45, 7) is 2.48. The Kier molecular flexibility index (Phi) is 4.65. The van der Waals surface area contributed by atoms with Crippen LogP contribution in [0.25, 0.3) is 0 Å². The summed E-state index contributed by atoms with van der Waals surface area (Å²) in [4.78, 5) is 15.6. The number of nitrogens with two attached hydrogens (primary N) is 1. The van der Waals surface area contributed by atoms with Gasteiger partial charge in [-0.1, -0.05) is 16.8 Å². The average Bonchev–Trinajstić information content (AvgIpc) is 2.84. The van der Waals surface area contributed by atoms with Crippen LogP contribution in [0.5, 0.6) is 0 Å². The van der Waals surface area contributed by atoms with E-state index in [9.17, 15) is 4.79 Å². The fraction of sp³-hybridized carbons (Fsp3) is 0.333. The van der Waals surface area contributed by atoms with Gasteiger partial charge < -0.3 is 10.5 Å². The highest BCUT2D eigenvalue weighted by Crippen LogP contribution is 2.16. The largest absolute Gasteiger partial charge is 0.461 e. The van der Waals surface area contributed by atoms with Gasteiger partial charge in [-0.25, -0.2) is 9.48 Å². The fourth-order valence-corrected chi connectivity index (χ4v) is 1.89. The van der Waals surface area contributed by atoms with Crippen molar-refractivity contribution < 1.29 is 9.53 Å². The molecule has 0 aliphatic rings. The molecule has 0 unspecified atom stereocenters. The topological polar surface area (TPSA) is 95.9 Å². The number of nitrogens with zero attached hydrogens (tertiary/aromatic N) is 4. The van der Waals surface area contributed by atoms with E-state index in [2.05, 4.69) is 15.3 Å². The average molecular weight is 296 g/mol. The van der Waals surface area contributed by atoms with Gasteiger partial charge in [-0.05, 0) is 18.6 Å². The van der Waals surface area contributed by atoms with Crippen molar-refractivity contribution in [2.45, 2.75) is 20.0 Å². The normalized spacial score (nSPS) is 10.6. The Morgan fingerprint density at radius 3 is 3.00 bits per heavy atom. The molecule has 0 radical (unpaired) electrons. The van der Waals surface area contributed by atoms with E-state index >= 15 is 0 Å². The third-order valence-corrected chi connectivity index (χ3v) is 3.02. The highest BCUT2D eigenvalue weighted by atomic mass is 35.5. The minimum atomic E-state index is -0.528. The molecule has 2 rings (SSSR count). The maximum atomic E-state index is 11.7. The first-order valence-corrected chi connectivity index (χ1v) is 6.43. The Morgan fingerprint density at radius 2 is 2.35 bits per heavy atom. The predicted octanol–water partition coefficient (Wildman–Crippen LogP) is 1.01. The number of carbonyl (C=O) groups excluding carboxylic acids is 1. The Labute approximate surface area is 120 Å². The van der Waals surface area contributed by atoms with Crippen LogP contribution >= 0.6 is 11.6 Å². The molecule has 0 fully saturated rings. The summed E-state index contributed by atoms with van der Waals surface area (Å²) >= 11 is 6.04. The van der Waals surface area contributed by atoms with Gasteiger partial charge in [0.15, 0.2) is 5.69 Å². The summed E-state index contributed by atoms with van der Waals surface area (Å²) in [7, 11) is 0. The minimum absolute atomic E-state index is 0.129. The molecule has 8 heteroatoms. The van der Waals surface area contributed by atoms with Crippen LogP contribution in [0.4, 0.5) is 0 Å². The van der Waals surface area contributed by atoms with Crippen LogP contribution in [0.15, 0.2) is 18.5 Å². The third kappa shape index (κ3) is 2.94. The molecule has 106 valence electrons. The van der Waals surface area contributed by atoms with Gasteiger partial charge in [0, 0.05) is 18.9 Å². The van der Waals surface area contributed by atoms with Crippen molar-refractivity contribution in [3.05, 3.63) is 40.4 Å². The quantitative estimate of drug-likeness (QED) is 0.827. The first kappa shape index (κ1) is 14.4. The molecule has 2 N–H and O–H groups in total. The number of esters is 1. The van der Waals surface area contributed by atoms with E-state index in [4.69, 9.17) is 22.1 Å². The van der Waals surface area contributed by atoms with E-state index < -0.39 is 5.97 Å². The Bertz CT molecular complexity index is 614. The van der Waals surface area contributed by atoms with Crippen molar-refractivity contribution in [1.82, 2.24) is 20.0 Å². The molecular formula is C12H14ClN5O2. The molecule has 0 aliphatic heterocycles. The van der Waals surface area contributed by atoms with Gasteiger partial charge in [-0.2, -0.15) is 0 Å². The van der Waals surface area contributed by atoms with E-state index in [0.29, 0.717) is 17.3 Å². The molecule has 0 aromatic carbocycles. The highest BCUT2D eigenvalue weighted by molar-refractivity contribution is 6.31. The second kappa shape index (κ2) is 6.44. The fourth-order valence-electron chi connectivity index (χ4n) is 1.71. The number of hydrogen-bond donors (Lipinski definition) is 1. The monoisotopic (exact) mass is 295 g/mol. The molecule has 7 nitrogen and oxygen atoms in total. The van der Waals surface area contributed by atoms with Crippen LogP contribution in [-0.2, 0) is 17.8 Å². The number of hydrogen-bond acceptors (Lipinski definition) is 6. The predicted molar refractivity (Wildman–Crippen MR) is 72.2 cm³/mol. The smallest absolute Gasteiger partial charge is 0.360 e. The first-order valence-electron chi connectivity index (χ1n) is 6.05. The molecule has 0 bridgehead atoms. The van der Waals surface area contributed by atoms with E-state index in [0.717, 1.165) is 5.56 Å². The number of pyridine rings is 1. The zero-order valence-corrected chi connectivity index (χ0v) is 11.7. The molecule has 2 aromatic rings. The number of rotatable bonds is 5. The Hall–Kier alpha value is -1.99. The lowest BCUT2D eigenvalue weighted by molar-refractivity contribution is 0.0518. The van der Waals surface area contributed by atoms with E-state index in [-0.39, 0.29) is 18.8 Å². The van der Waals surface area contributed by atoms with Gasteiger partial charge in [0.1, 0.15) is 0 Å². The van der Waals surface area contributed by atoms with Gasteiger partial charge in [0.2, 0.25) is 0 Å². The van der Waals surface area contributed by atoms with Gasteiger partial charge in [-0.15, -0.1) is 5.10 Å². The molecule has 0 aliphatic carbocycles. The first-order chi connectivity index (χ1) is 9.67.